The summed E-state index contributed by atoms with van der Waals surface area (Å²) in [4.78, 5) is 0. The lowest BCUT2D eigenvalue weighted by molar-refractivity contribution is 0.411. The number of ether oxygens (including phenoxy) is 2. The summed E-state index contributed by atoms with van der Waals surface area (Å²) in [6.07, 6.45) is 0. The average Bonchev–Trinajstić information content (AvgIpc) is 3.18. The Hall–Kier alpha value is -5.26. The summed E-state index contributed by atoms with van der Waals surface area (Å²) in [7, 11) is 1.40. The summed E-state index contributed by atoms with van der Waals surface area (Å²) in [5.41, 5.74) is 10.8. The van der Waals surface area contributed by atoms with Gasteiger partial charge >= 0.3 is 0 Å². The molecule has 2 nitrogen and oxygen atoms in total. The maximum atomic E-state index is 6.31. The molecule has 270 valence electrons. The molecule has 0 heterocycles. The molecule has 0 aliphatic carbocycles. The van der Waals surface area contributed by atoms with E-state index >= 15 is 0 Å². The Labute approximate surface area is 324 Å². The van der Waals surface area contributed by atoms with Crippen LogP contribution in [0.15, 0.2) is 160 Å². The minimum atomic E-state index is -1.06. The fourth-order valence-corrected chi connectivity index (χ4v) is 11.5. The van der Waals surface area contributed by atoms with Gasteiger partial charge in [-0.2, -0.15) is 0 Å². The van der Waals surface area contributed by atoms with Crippen LogP contribution < -0.4 is 41.3 Å². The van der Waals surface area contributed by atoms with Gasteiger partial charge in [-0.05, 0) is 110 Å². The first-order chi connectivity index (χ1) is 26.0. The molecule has 6 aromatic carbocycles. The predicted octanol–water partition coefficient (Wildman–Crippen LogP) is 11.0. The van der Waals surface area contributed by atoms with Gasteiger partial charge in [0, 0.05) is 11.1 Å². The van der Waals surface area contributed by atoms with Crippen LogP contribution in [0.2, 0.25) is 0 Å². The van der Waals surface area contributed by atoms with Gasteiger partial charge in [0.2, 0.25) is 0 Å². The van der Waals surface area contributed by atoms with Crippen LogP contribution in [0, 0.1) is 0 Å². The Balaban J connectivity index is 1.67. The molecule has 0 aromatic heterocycles. The van der Waals surface area contributed by atoms with Crippen molar-refractivity contribution in [3.05, 3.63) is 182 Å². The van der Waals surface area contributed by atoms with Crippen molar-refractivity contribution in [2.24, 2.45) is 0 Å². The van der Waals surface area contributed by atoms with Crippen molar-refractivity contribution in [3.63, 3.8) is 0 Å². The van der Waals surface area contributed by atoms with Crippen LogP contribution >= 0.6 is 15.8 Å². The first-order valence-corrected chi connectivity index (χ1v) is 20.7. The molecule has 0 bridgehead atoms. The Bertz CT molecular complexity index is 2050. The lowest BCUT2D eigenvalue weighted by Crippen LogP contribution is -2.26. The van der Waals surface area contributed by atoms with Crippen LogP contribution in [0.3, 0.4) is 0 Å². The molecular formula is C50H48O2P2. The van der Waals surface area contributed by atoms with E-state index in [1.54, 1.807) is 14.2 Å². The van der Waals surface area contributed by atoms with Crippen LogP contribution in [0.5, 0.6) is 11.5 Å². The van der Waals surface area contributed by atoms with Crippen molar-refractivity contribution in [1.29, 1.82) is 0 Å². The molecular weight excluding hydrogens is 694 g/mol. The molecule has 0 aliphatic rings. The smallest absolute Gasteiger partial charge is 0.127 e. The second kappa shape index (κ2) is 16.8. The van der Waals surface area contributed by atoms with Crippen molar-refractivity contribution >= 4 is 70.0 Å². The summed E-state index contributed by atoms with van der Waals surface area (Å²) in [5.74, 6) is 1.60. The van der Waals surface area contributed by atoms with E-state index in [1.165, 1.54) is 31.8 Å². The van der Waals surface area contributed by atoms with E-state index in [1.807, 2.05) is 27.7 Å². The van der Waals surface area contributed by atoms with Gasteiger partial charge in [-0.3, -0.25) is 0 Å². The first kappa shape index (κ1) is 38.5. The maximum absolute atomic E-state index is 6.31. The van der Waals surface area contributed by atoms with Gasteiger partial charge in [-0.15, -0.1) is 0 Å². The van der Waals surface area contributed by atoms with Gasteiger partial charge in [-0.25, -0.2) is 0 Å². The van der Waals surface area contributed by atoms with Gasteiger partial charge in [-0.1, -0.05) is 170 Å². The summed E-state index contributed by atoms with van der Waals surface area (Å²) in [6, 6.07) is 48.5. The molecule has 0 unspecified atom stereocenters. The molecule has 4 heteroatoms. The van der Waals surface area contributed by atoms with Crippen molar-refractivity contribution in [2.75, 3.05) is 14.2 Å². The van der Waals surface area contributed by atoms with Crippen molar-refractivity contribution < 1.29 is 9.47 Å². The van der Waals surface area contributed by atoms with E-state index in [2.05, 4.69) is 160 Å². The monoisotopic (exact) mass is 742 g/mol. The fraction of sp³-hybridized carbons (Fsp3) is 0.120. The zero-order chi connectivity index (χ0) is 38.5. The normalized spacial score (nSPS) is 11.0. The van der Waals surface area contributed by atoms with Crippen molar-refractivity contribution in [2.45, 2.75) is 27.7 Å². The number of rotatable bonds is 13. The molecule has 0 atom stereocenters. The minimum absolute atomic E-state index is 0.799. The fourth-order valence-electron chi connectivity index (χ4n) is 6.69. The SMILES string of the molecule is C=C(C)c1ccc(P(c2ccc(C(=C)C)cc2)c2cccc(OC)c2-c2c(OC)cccc2P(c2ccc(C(=C)C)cc2)c2ccc(C(=C)C)cc2)cc1. The lowest BCUT2D eigenvalue weighted by Gasteiger charge is -2.28. The van der Waals surface area contributed by atoms with E-state index in [0.29, 0.717) is 0 Å². The van der Waals surface area contributed by atoms with Crippen LogP contribution in [0.1, 0.15) is 49.9 Å². The maximum Gasteiger partial charge on any atom is 0.127 e. The number of benzene rings is 6. The van der Waals surface area contributed by atoms with Crippen molar-refractivity contribution in [3.8, 4) is 22.6 Å². The predicted molar refractivity (Wildman–Crippen MR) is 241 cm³/mol. The lowest BCUT2D eigenvalue weighted by atomic mass is 10.0. The zero-order valence-electron chi connectivity index (χ0n) is 32.2. The topological polar surface area (TPSA) is 18.5 Å². The van der Waals surface area contributed by atoms with Gasteiger partial charge in [0.25, 0.3) is 0 Å². The molecule has 0 aliphatic heterocycles. The van der Waals surface area contributed by atoms with E-state index in [-0.39, 0.29) is 0 Å². The largest absolute Gasteiger partial charge is 0.496 e. The zero-order valence-corrected chi connectivity index (χ0v) is 34.0. The third kappa shape index (κ3) is 7.97. The highest BCUT2D eigenvalue weighted by Gasteiger charge is 2.30. The summed E-state index contributed by atoms with van der Waals surface area (Å²) >= 11 is 0. The summed E-state index contributed by atoms with van der Waals surface area (Å²) in [6.45, 7) is 25.0. The quantitative estimate of drug-likeness (QED) is 0.110. The average molecular weight is 743 g/mol. The van der Waals surface area contributed by atoms with Gasteiger partial charge in [0.1, 0.15) is 11.5 Å². The van der Waals surface area contributed by atoms with E-state index < -0.39 is 15.8 Å². The van der Waals surface area contributed by atoms with Gasteiger partial charge in [0.15, 0.2) is 0 Å². The Morgan fingerprint density at radius 3 is 0.815 bits per heavy atom. The van der Waals surface area contributed by atoms with Gasteiger partial charge in [0.05, 0.1) is 14.2 Å². The molecule has 54 heavy (non-hydrogen) atoms. The van der Waals surface area contributed by atoms with Crippen LogP contribution in [0.25, 0.3) is 33.4 Å². The molecule has 0 saturated heterocycles. The number of methoxy groups -OCH3 is 2. The molecule has 0 amide bonds. The van der Waals surface area contributed by atoms with E-state index in [4.69, 9.17) is 9.47 Å². The molecule has 0 N–H and O–H groups in total. The molecule has 0 fully saturated rings. The third-order valence-electron chi connectivity index (χ3n) is 9.65. The Kier molecular flexibility index (Phi) is 12.0. The standard InChI is InChI=1S/C50H48O2P2/c1-33(2)37-17-25-41(26-18-37)53(42-27-19-38(20-28-42)34(3)4)47-15-11-13-45(51-9)49(47)50-46(52-10)14-12-16-48(50)54(43-29-21-39(22-30-43)35(5)6)44-31-23-40(24-32-44)36(7)8/h11-32H,1,3,5,7H2,2,4,6,8-10H3. The Morgan fingerprint density at radius 2 is 0.611 bits per heavy atom. The molecule has 0 radical (unpaired) electrons. The van der Waals surface area contributed by atoms with Crippen LogP contribution in [0.4, 0.5) is 0 Å². The molecule has 6 rings (SSSR count). The minimum Gasteiger partial charge on any atom is -0.496 e. The number of hydrogen-bond acceptors (Lipinski definition) is 2. The van der Waals surface area contributed by atoms with E-state index in [9.17, 15) is 0 Å². The highest BCUT2D eigenvalue weighted by atomic mass is 31.1. The Morgan fingerprint density at radius 1 is 0.370 bits per heavy atom. The number of allylic oxidation sites excluding steroid dienone is 4. The molecule has 0 saturated carbocycles. The number of hydrogen-bond donors (Lipinski definition) is 0. The highest BCUT2D eigenvalue weighted by molar-refractivity contribution is 7.80. The van der Waals surface area contributed by atoms with Crippen LogP contribution in [-0.4, -0.2) is 14.2 Å². The van der Waals surface area contributed by atoms with Crippen molar-refractivity contribution in [1.82, 2.24) is 0 Å². The highest BCUT2D eigenvalue weighted by Crippen LogP contribution is 2.47. The summed E-state index contributed by atoms with van der Waals surface area (Å²) < 4.78 is 12.6. The second-order valence-electron chi connectivity index (χ2n) is 13.7. The molecule has 6 aromatic rings. The van der Waals surface area contributed by atoms with Gasteiger partial charge < -0.3 is 9.47 Å². The van der Waals surface area contributed by atoms with E-state index in [0.717, 1.165) is 67.2 Å². The second-order valence-corrected chi connectivity index (χ2v) is 18.1. The summed E-state index contributed by atoms with van der Waals surface area (Å²) in [5, 5.41) is 7.31. The third-order valence-corrected chi connectivity index (χ3v) is 14.6. The molecule has 0 spiro atoms. The first-order valence-electron chi connectivity index (χ1n) is 18.0. The van der Waals surface area contributed by atoms with Crippen LogP contribution in [-0.2, 0) is 0 Å².